The highest BCUT2D eigenvalue weighted by Gasteiger charge is 2.22. The lowest BCUT2D eigenvalue weighted by molar-refractivity contribution is 0.0952. The minimum Gasteiger partial charge on any atom is -0.508 e. The number of carbonyl (C=O) groups is 1. The van der Waals surface area contributed by atoms with E-state index < -0.39 is 0 Å². The van der Waals surface area contributed by atoms with Gasteiger partial charge in [0.25, 0.3) is 5.91 Å². The molecule has 2 heterocycles. The lowest BCUT2D eigenvalue weighted by Gasteiger charge is -2.27. The number of nitrogens with zero attached hydrogens (tertiary/aromatic N) is 1. The first-order valence-electron chi connectivity index (χ1n) is 12.2. The smallest absolute Gasteiger partial charge is 0.251 e. The van der Waals surface area contributed by atoms with E-state index in [4.69, 9.17) is 0 Å². The Morgan fingerprint density at radius 2 is 1.94 bits per heavy atom. The number of amides is 1. The number of carbonyl (C=O) groups excluding carboxylic acids is 1. The highest BCUT2D eigenvalue weighted by molar-refractivity contribution is 5.95. The molecule has 0 bridgehead atoms. The molecule has 3 aromatic carbocycles. The molecule has 5 heteroatoms. The topological polar surface area (TPSA) is 68.4 Å². The normalized spacial score (nSPS) is 13.9. The Morgan fingerprint density at radius 1 is 1.11 bits per heavy atom. The zero-order valence-electron chi connectivity index (χ0n) is 20.1. The largest absolute Gasteiger partial charge is 0.508 e. The van der Waals surface area contributed by atoms with Gasteiger partial charge in [0, 0.05) is 48.3 Å². The lowest BCUT2D eigenvalue weighted by Crippen LogP contribution is -2.31. The van der Waals surface area contributed by atoms with E-state index in [1.54, 1.807) is 6.07 Å². The summed E-state index contributed by atoms with van der Waals surface area (Å²) < 4.78 is 0. The van der Waals surface area contributed by atoms with Crippen LogP contribution in [0.1, 0.15) is 44.7 Å². The van der Waals surface area contributed by atoms with Gasteiger partial charge in [0.05, 0.1) is 0 Å². The second kappa shape index (κ2) is 10.2. The van der Waals surface area contributed by atoms with E-state index in [0.29, 0.717) is 12.3 Å². The molecule has 3 N–H and O–H groups in total. The van der Waals surface area contributed by atoms with Crippen LogP contribution in [-0.2, 0) is 19.5 Å². The summed E-state index contributed by atoms with van der Waals surface area (Å²) in [5.74, 6) is 0.274. The molecule has 0 fully saturated rings. The predicted octanol–water partition coefficient (Wildman–Crippen LogP) is 5.57. The summed E-state index contributed by atoms with van der Waals surface area (Å²) in [5, 5.41) is 14.0. The van der Waals surface area contributed by atoms with Gasteiger partial charge in [-0.05, 0) is 60.7 Å². The van der Waals surface area contributed by atoms with Crippen molar-refractivity contribution in [3.63, 3.8) is 0 Å². The van der Waals surface area contributed by atoms with Gasteiger partial charge >= 0.3 is 0 Å². The molecule has 0 saturated carbocycles. The van der Waals surface area contributed by atoms with Crippen LogP contribution in [0.3, 0.4) is 0 Å². The van der Waals surface area contributed by atoms with Crippen molar-refractivity contribution in [2.75, 3.05) is 13.1 Å². The third kappa shape index (κ3) is 5.31. The molecule has 0 unspecified atom stereocenters. The van der Waals surface area contributed by atoms with E-state index in [9.17, 15) is 9.90 Å². The van der Waals surface area contributed by atoms with Gasteiger partial charge in [-0.3, -0.25) is 9.69 Å². The van der Waals surface area contributed by atoms with Gasteiger partial charge in [-0.2, -0.15) is 0 Å². The average molecular weight is 466 g/mol. The van der Waals surface area contributed by atoms with Gasteiger partial charge in [-0.1, -0.05) is 60.2 Å². The molecule has 5 nitrogen and oxygen atoms in total. The number of phenolic OH excluding ortho intramolecular Hbond substituents is 1. The number of hydrogen-bond donors (Lipinski definition) is 3. The molecule has 1 aliphatic rings. The van der Waals surface area contributed by atoms with Gasteiger partial charge in [-0.25, -0.2) is 0 Å². The highest BCUT2D eigenvalue weighted by Crippen LogP contribution is 2.30. The Hall–Kier alpha value is -3.83. The average Bonchev–Trinajstić information content (AvgIpc) is 3.22. The van der Waals surface area contributed by atoms with Crippen molar-refractivity contribution in [2.24, 2.45) is 0 Å². The number of fused-ring (bicyclic) bond motifs is 3. The summed E-state index contributed by atoms with van der Waals surface area (Å²) in [6, 6.07) is 21.8. The molecule has 0 spiro atoms. The van der Waals surface area contributed by atoms with E-state index in [0.717, 1.165) is 54.5 Å². The molecule has 1 aliphatic heterocycles. The van der Waals surface area contributed by atoms with Crippen LogP contribution in [0.25, 0.3) is 17.0 Å². The zero-order chi connectivity index (χ0) is 24.2. The molecule has 5 rings (SSSR count). The Bertz CT molecular complexity index is 1370. The Labute approximate surface area is 206 Å². The van der Waals surface area contributed by atoms with E-state index in [2.05, 4.69) is 58.5 Å². The molecule has 0 saturated heterocycles. The number of phenols is 1. The number of H-pyrrole nitrogens is 1. The van der Waals surface area contributed by atoms with Gasteiger partial charge < -0.3 is 15.4 Å². The maximum Gasteiger partial charge on any atom is 0.251 e. The van der Waals surface area contributed by atoms with Crippen LogP contribution in [0.15, 0.2) is 72.8 Å². The number of aryl methyl sites for hydroxylation is 1. The van der Waals surface area contributed by atoms with Crippen LogP contribution in [0.2, 0.25) is 0 Å². The first-order chi connectivity index (χ1) is 17.1. The summed E-state index contributed by atoms with van der Waals surface area (Å²) >= 11 is 0. The Kier molecular flexibility index (Phi) is 6.68. The molecular weight excluding hydrogens is 434 g/mol. The zero-order valence-corrected chi connectivity index (χ0v) is 20.1. The summed E-state index contributed by atoms with van der Waals surface area (Å²) in [5.41, 5.74) is 7.74. The number of aromatic hydroxyl groups is 1. The molecule has 0 aliphatic carbocycles. The summed E-state index contributed by atoms with van der Waals surface area (Å²) in [7, 11) is 0. The number of aromatic amines is 1. The molecule has 1 amide bonds. The molecule has 0 radical (unpaired) electrons. The number of aromatic nitrogens is 1. The first-order valence-corrected chi connectivity index (χ1v) is 12.2. The second-order valence-corrected chi connectivity index (χ2v) is 9.29. The van der Waals surface area contributed by atoms with E-state index >= 15 is 0 Å². The summed E-state index contributed by atoms with van der Waals surface area (Å²) in [6.07, 6.45) is 5.89. The molecule has 1 aromatic heterocycles. The highest BCUT2D eigenvalue weighted by atomic mass is 16.3. The molecule has 0 atom stereocenters. The van der Waals surface area contributed by atoms with Crippen molar-refractivity contribution in [2.45, 2.75) is 32.9 Å². The predicted molar refractivity (Wildman–Crippen MR) is 141 cm³/mol. The van der Waals surface area contributed by atoms with Gasteiger partial charge in [0.15, 0.2) is 0 Å². The van der Waals surface area contributed by atoms with E-state index in [1.165, 1.54) is 22.4 Å². The first kappa shape index (κ1) is 22.9. The molecule has 35 heavy (non-hydrogen) atoms. The summed E-state index contributed by atoms with van der Waals surface area (Å²) in [4.78, 5) is 18.8. The van der Waals surface area contributed by atoms with Crippen molar-refractivity contribution >= 4 is 22.9 Å². The quantitative estimate of drug-likeness (QED) is 0.313. The number of nitrogens with one attached hydrogen (secondary N) is 2. The minimum atomic E-state index is -0.0249. The van der Waals surface area contributed by atoms with E-state index in [-0.39, 0.29) is 5.91 Å². The second-order valence-electron chi connectivity index (χ2n) is 9.29. The monoisotopic (exact) mass is 465 g/mol. The molecular formula is C30H31N3O2. The van der Waals surface area contributed by atoms with Crippen LogP contribution in [0, 0.1) is 6.92 Å². The van der Waals surface area contributed by atoms with Gasteiger partial charge in [0.2, 0.25) is 0 Å². The number of hydrogen-bond acceptors (Lipinski definition) is 3. The van der Waals surface area contributed by atoms with Crippen LogP contribution < -0.4 is 5.32 Å². The number of rotatable bonds is 7. The molecule has 4 aromatic rings. The third-order valence-corrected chi connectivity index (χ3v) is 6.68. The van der Waals surface area contributed by atoms with Crippen molar-refractivity contribution in [1.82, 2.24) is 15.2 Å². The maximum atomic E-state index is 12.9. The molecule has 178 valence electrons. The Morgan fingerprint density at radius 3 is 2.80 bits per heavy atom. The fraction of sp³-hybridized carbons (Fsp3) is 0.233. The standard InChI is InChI=1S/C30H31N3O2/c1-21-9-11-22(12-10-21)6-4-5-16-31-30(35)25-8-3-2-7-23(25)19-33-17-15-26-27-18-24(34)13-14-28(27)32-29(26)20-33/h2-4,6-14,18,32,34H,5,15-17,19-20H2,1H3,(H,31,35). The lowest BCUT2D eigenvalue weighted by atomic mass is 10.0. The van der Waals surface area contributed by atoms with Crippen molar-refractivity contribution in [1.29, 1.82) is 0 Å². The van der Waals surface area contributed by atoms with Crippen LogP contribution in [0.4, 0.5) is 0 Å². The maximum absolute atomic E-state index is 12.9. The van der Waals surface area contributed by atoms with Gasteiger partial charge in [-0.15, -0.1) is 0 Å². The van der Waals surface area contributed by atoms with Crippen molar-refractivity contribution in [3.8, 4) is 5.75 Å². The Balaban J connectivity index is 1.19. The van der Waals surface area contributed by atoms with Crippen LogP contribution in [0.5, 0.6) is 5.75 Å². The van der Waals surface area contributed by atoms with Crippen molar-refractivity contribution < 1.29 is 9.90 Å². The summed E-state index contributed by atoms with van der Waals surface area (Å²) in [6.45, 7) is 5.11. The van der Waals surface area contributed by atoms with Crippen LogP contribution >= 0.6 is 0 Å². The van der Waals surface area contributed by atoms with E-state index in [1.807, 2.05) is 36.4 Å². The van der Waals surface area contributed by atoms with Crippen LogP contribution in [-0.4, -0.2) is 34.0 Å². The van der Waals surface area contributed by atoms with Gasteiger partial charge in [0.1, 0.15) is 5.75 Å². The fourth-order valence-corrected chi connectivity index (χ4v) is 4.80. The number of benzene rings is 3. The minimum absolute atomic E-state index is 0.0249. The third-order valence-electron chi connectivity index (χ3n) is 6.68. The van der Waals surface area contributed by atoms with Crippen molar-refractivity contribution in [3.05, 3.63) is 106 Å². The fourth-order valence-electron chi connectivity index (χ4n) is 4.80. The SMILES string of the molecule is Cc1ccc(C=CCCNC(=O)c2ccccc2CN2CCc3c([nH]c4ccc(O)cc34)C2)cc1.